The van der Waals surface area contributed by atoms with Gasteiger partial charge >= 0.3 is 0 Å². The van der Waals surface area contributed by atoms with Crippen molar-refractivity contribution < 1.29 is 9.90 Å². The molecule has 0 fully saturated rings. The zero-order chi connectivity index (χ0) is 17.1. The highest BCUT2D eigenvalue weighted by Crippen LogP contribution is 2.09. The zero-order valence-corrected chi connectivity index (χ0v) is 13.7. The molecule has 0 bridgehead atoms. The average molecular weight is 325 g/mol. The number of aliphatic hydroxyl groups excluding tert-OH is 1. The Balaban J connectivity index is 1.68. The summed E-state index contributed by atoms with van der Waals surface area (Å²) in [6.45, 7) is 4.13. The van der Waals surface area contributed by atoms with E-state index in [1.54, 1.807) is 4.52 Å². The van der Waals surface area contributed by atoms with Crippen LogP contribution in [-0.4, -0.2) is 30.6 Å². The van der Waals surface area contributed by atoms with Crippen LogP contribution in [0.4, 0.5) is 0 Å². The predicted octanol–water partition coefficient (Wildman–Crippen LogP) is 1.09. The van der Waals surface area contributed by atoms with Crippen LogP contribution in [0, 0.1) is 13.8 Å². The summed E-state index contributed by atoms with van der Waals surface area (Å²) in [5, 5.41) is 16.5. The minimum absolute atomic E-state index is 0.0513. The lowest BCUT2D eigenvalue weighted by atomic mass is 10.1. The topological polar surface area (TPSA) is 92.4 Å². The first kappa shape index (κ1) is 16.1. The van der Waals surface area contributed by atoms with Gasteiger partial charge in [-0.25, -0.2) is 9.50 Å². The van der Waals surface area contributed by atoms with E-state index < -0.39 is 0 Å². The van der Waals surface area contributed by atoms with Crippen LogP contribution in [0.1, 0.15) is 28.3 Å². The standard InChI is InChI=1S/C17H19N5O2/c1-11-7-12(2)22-17(19-11)20-15(21-22)8-16(24)18-9-13-5-3-4-6-14(13)10-23/h3-7,23H,8-10H2,1-2H3,(H,18,24). The molecule has 0 aliphatic carbocycles. The highest BCUT2D eigenvalue weighted by atomic mass is 16.3. The fourth-order valence-corrected chi connectivity index (χ4v) is 2.57. The summed E-state index contributed by atoms with van der Waals surface area (Å²) in [7, 11) is 0. The summed E-state index contributed by atoms with van der Waals surface area (Å²) in [6.07, 6.45) is 0.0864. The third-order valence-electron chi connectivity index (χ3n) is 3.75. The molecule has 0 aliphatic rings. The van der Waals surface area contributed by atoms with Crippen molar-refractivity contribution in [1.82, 2.24) is 24.9 Å². The Kier molecular flexibility index (Phi) is 4.52. The first-order valence-electron chi connectivity index (χ1n) is 7.71. The molecule has 2 aromatic heterocycles. The molecule has 3 rings (SSSR count). The molecule has 0 aliphatic heterocycles. The lowest BCUT2D eigenvalue weighted by Gasteiger charge is -2.08. The summed E-state index contributed by atoms with van der Waals surface area (Å²) in [4.78, 5) is 20.7. The molecule has 0 radical (unpaired) electrons. The number of aromatic nitrogens is 4. The number of aryl methyl sites for hydroxylation is 2. The van der Waals surface area contributed by atoms with Crippen LogP contribution in [0.25, 0.3) is 5.78 Å². The Morgan fingerprint density at radius 3 is 2.71 bits per heavy atom. The van der Waals surface area contributed by atoms with Crippen molar-refractivity contribution in [2.75, 3.05) is 0 Å². The van der Waals surface area contributed by atoms with Crippen molar-refractivity contribution in [2.45, 2.75) is 33.4 Å². The Bertz CT molecular complexity index is 888. The summed E-state index contributed by atoms with van der Waals surface area (Å²) in [6, 6.07) is 9.36. The normalized spacial score (nSPS) is 11.0. The summed E-state index contributed by atoms with van der Waals surface area (Å²) < 4.78 is 1.64. The van der Waals surface area contributed by atoms with Crippen molar-refractivity contribution >= 4 is 11.7 Å². The van der Waals surface area contributed by atoms with Gasteiger partial charge in [0.25, 0.3) is 5.78 Å². The minimum atomic E-state index is -0.173. The van der Waals surface area contributed by atoms with Crippen molar-refractivity contribution in [2.24, 2.45) is 0 Å². The maximum atomic E-state index is 12.1. The van der Waals surface area contributed by atoms with Gasteiger partial charge in [-0.05, 0) is 31.0 Å². The molecule has 0 saturated carbocycles. The first-order chi connectivity index (χ1) is 11.6. The smallest absolute Gasteiger partial charge is 0.252 e. The van der Waals surface area contributed by atoms with E-state index in [1.807, 2.05) is 44.2 Å². The molecule has 1 amide bonds. The van der Waals surface area contributed by atoms with E-state index in [9.17, 15) is 9.90 Å². The lowest BCUT2D eigenvalue weighted by Crippen LogP contribution is -2.25. The number of hydrogen-bond donors (Lipinski definition) is 2. The first-order valence-corrected chi connectivity index (χ1v) is 7.71. The highest BCUT2D eigenvalue weighted by Gasteiger charge is 2.12. The van der Waals surface area contributed by atoms with Gasteiger partial charge in [-0.1, -0.05) is 24.3 Å². The van der Waals surface area contributed by atoms with Gasteiger partial charge in [-0.15, -0.1) is 5.10 Å². The zero-order valence-electron chi connectivity index (χ0n) is 13.7. The van der Waals surface area contributed by atoms with Crippen molar-refractivity contribution in [3.63, 3.8) is 0 Å². The molecule has 1 aromatic carbocycles. The Hall–Kier alpha value is -2.80. The van der Waals surface area contributed by atoms with Crippen LogP contribution >= 0.6 is 0 Å². The molecular weight excluding hydrogens is 306 g/mol. The summed E-state index contributed by atoms with van der Waals surface area (Å²) in [5.74, 6) is 0.762. The number of carbonyl (C=O) groups is 1. The molecule has 3 aromatic rings. The van der Waals surface area contributed by atoms with E-state index in [0.717, 1.165) is 22.5 Å². The van der Waals surface area contributed by atoms with Crippen LogP contribution in [0.5, 0.6) is 0 Å². The lowest BCUT2D eigenvalue weighted by molar-refractivity contribution is -0.120. The fraction of sp³-hybridized carbons (Fsp3) is 0.294. The molecule has 2 N–H and O–H groups in total. The second kappa shape index (κ2) is 6.76. The average Bonchev–Trinajstić information content (AvgIpc) is 2.95. The maximum Gasteiger partial charge on any atom is 0.252 e. The summed E-state index contributed by atoms with van der Waals surface area (Å²) in [5.41, 5.74) is 3.49. The second-order valence-corrected chi connectivity index (χ2v) is 5.66. The second-order valence-electron chi connectivity index (χ2n) is 5.66. The molecule has 7 nitrogen and oxygen atoms in total. The molecule has 2 heterocycles. The predicted molar refractivity (Wildman–Crippen MR) is 88.2 cm³/mol. The van der Waals surface area contributed by atoms with Crippen LogP contribution in [0.15, 0.2) is 30.3 Å². The van der Waals surface area contributed by atoms with Gasteiger partial charge < -0.3 is 10.4 Å². The molecule has 7 heteroatoms. The highest BCUT2D eigenvalue weighted by molar-refractivity contribution is 5.77. The number of aliphatic hydroxyl groups is 1. The minimum Gasteiger partial charge on any atom is -0.392 e. The van der Waals surface area contributed by atoms with Crippen LogP contribution in [0.3, 0.4) is 0 Å². The van der Waals surface area contributed by atoms with Crippen molar-refractivity contribution in [1.29, 1.82) is 0 Å². The molecule has 24 heavy (non-hydrogen) atoms. The van der Waals surface area contributed by atoms with E-state index in [4.69, 9.17) is 0 Å². The van der Waals surface area contributed by atoms with Gasteiger partial charge in [0.05, 0.1) is 13.0 Å². The van der Waals surface area contributed by atoms with E-state index in [-0.39, 0.29) is 18.9 Å². The number of hydrogen-bond acceptors (Lipinski definition) is 5. The van der Waals surface area contributed by atoms with Gasteiger partial charge in [0.1, 0.15) is 0 Å². The van der Waals surface area contributed by atoms with Gasteiger partial charge in [0.15, 0.2) is 5.82 Å². The Labute approximate surface area is 139 Å². The van der Waals surface area contributed by atoms with Gasteiger partial charge in [0, 0.05) is 17.9 Å². The molecule has 0 spiro atoms. The quantitative estimate of drug-likeness (QED) is 0.732. The largest absolute Gasteiger partial charge is 0.392 e. The van der Waals surface area contributed by atoms with E-state index in [2.05, 4.69) is 20.4 Å². The van der Waals surface area contributed by atoms with Crippen LogP contribution in [0.2, 0.25) is 0 Å². The van der Waals surface area contributed by atoms with Crippen molar-refractivity contribution in [3.05, 3.63) is 58.7 Å². The third-order valence-corrected chi connectivity index (χ3v) is 3.75. The SMILES string of the molecule is Cc1cc(C)n2nc(CC(=O)NCc3ccccc3CO)nc2n1. The Morgan fingerprint density at radius 1 is 1.21 bits per heavy atom. The maximum absolute atomic E-state index is 12.1. The van der Waals surface area contributed by atoms with Gasteiger partial charge in [-0.2, -0.15) is 4.98 Å². The van der Waals surface area contributed by atoms with Crippen LogP contribution < -0.4 is 5.32 Å². The molecule has 0 saturated heterocycles. The van der Waals surface area contributed by atoms with Crippen molar-refractivity contribution in [3.8, 4) is 0 Å². The number of carbonyl (C=O) groups excluding carboxylic acids is 1. The molecular formula is C17H19N5O2. The molecule has 124 valence electrons. The van der Waals surface area contributed by atoms with Crippen LogP contribution in [-0.2, 0) is 24.4 Å². The number of fused-ring (bicyclic) bond motifs is 1. The van der Waals surface area contributed by atoms with E-state index in [0.29, 0.717) is 18.1 Å². The number of rotatable bonds is 5. The third kappa shape index (κ3) is 3.41. The number of nitrogens with zero attached hydrogens (tertiary/aromatic N) is 4. The monoisotopic (exact) mass is 325 g/mol. The number of amides is 1. The van der Waals surface area contributed by atoms with E-state index in [1.165, 1.54) is 0 Å². The Morgan fingerprint density at radius 2 is 1.96 bits per heavy atom. The fourth-order valence-electron chi connectivity index (χ4n) is 2.57. The molecule has 0 atom stereocenters. The van der Waals surface area contributed by atoms with Gasteiger partial charge in [-0.3, -0.25) is 4.79 Å². The molecule has 0 unspecified atom stereocenters. The van der Waals surface area contributed by atoms with Gasteiger partial charge in [0.2, 0.25) is 5.91 Å². The number of benzene rings is 1. The van der Waals surface area contributed by atoms with E-state index >= 15 is 0 Å². The summed E-state index contributed by atoms with van der Waals surface area (Å²) >= 11 is 0. The number of nitrogens with one attached hydrogen (secondary N) is 1.